The van der Waals surface area contributed by atoms with Gasteiger partial charge in [-0.3, -0.25) is 0 Å². The van der Waals surface area contributed by atoms with Crippen LogP contribution in [0.3, 0.4) is 0 Å². The molecule has 0 unspecified atom stereocenters. The number of hydrogen-bond acceptors (Lipinski definition) is 4. The van der Waals surface area contributed by atoms with Gasteiger partial charge in [0.25, 0.3) is 0 Å². The number of rotatable bonds is 4. The molecule has 1 heterocycles. The van der Waals surface area contributed by atoms with Crippen molar-refractivity contribution in [3.63, 3.8) is 0 Å². The summed E-state index contributed by atoms with van der Waals surface area (Å²) in [6.07, 6.45) is 0. The van der Waals surface area contributed by atoms with Gasteiger partial charge < -0.3 is 9.47 Å². The highest BCUT2D eigenvalue weighted by Gasteiger charge is 2.10. The van der Waals surface area contributed by atoms with E-state index in [0.717, 1.165) is 5.57 Å². The van der Waals surface area contributed by atoms with Crippen LogP contribution in [0.5, 0.6) is 5.75 Å². The minimum Gasteiger partial charge on any atom is -0.487 e. The quantitative estimate of drug-likeness (QED) is 0.368. The van der Waals surface area contributed by atoms with Gasteiger partial charge in [-0.25, -0.2) is 9.78 Å². The number of halogens is 1. The van der Waals surface area contributed by atoms with Gasteiger partial charge in [0.05, 0.1) is 7.11 Å². The summed E-state index contributed by atoms with van der Waals surface area (Å²) in [5, 5.41) is 0. The molecule has 86 valence electrons. The van der Waals surface area contributed by atoms with Crippen molar-refractivity contribution in [1.29, 1.82) is 0 Å². The molecular formula is C11H12INO3. The predicted molar refractivity (Wildman–Crippen MR) is 68.6 cm³/mol. The lowest BCUT2D eigenvalue weighted by atomic mass is 10.3. The summed E-state index contributed by atoms with van der Waals surface area (Å²) in [4.78, 5) is 15.3. The zero-order chi connectivity index (χ0) is 12.1. The first kappa shape index (κ1) is 13.0. The molecule has 0 aliphatic rings. The number of hydrogen-bond donors (Lipinski definition) is 0. The van der Waals surface area contributed by atoms with Crippen LogP contribution in [0, 0.1) is 3.70 Å². The zero-order valence-corrected chi connectivity index (χ0v) is 11.3. The topological polar surface area (TPSA) is 48.4 Å². The third-order valence-corrected chi connectivity index (χ3v) is 2.46. The van der Waals surface area contributed by atoms with Gasteiger partial charge in [0.15, 0.2) is 5.75 Å². The second-order valence-electron chi connectivity index (χ2n) is 3.22. The molecule has 0 N–H and O–H groups in total. The van der Waals surface area contributed by atoms with E-state index in [-0.39, 0.29) is 5.69 Å². The molecule has 16 heavy (non-hydrogen) atoms. The van der Waals surface area contributed by atoms with Crippen molar-refractivity contribution in [3.05, 3.63) is 33.7 Å². The van der Waals surface area contributed by atoms with Gasteiger partial charge in [-0.15, -0.1) is 0 Å². The highest BCUT2D eigenvalue weighted by atomic mass is 127. The molecule has 0 aliphatic heterocycles. The number of aromatic nitrogens is 1. The Morgan fingerprint density at radius 2 is 2.25 bits per heavy atom. The van der Waals surface area contributed by atoms with Crippen LogP contribution in [0.15, 0.2) is 24.3 Å². The Hall–Kier alpha value is -1.11. The van der Waals surface area contributed by atoms with E-state index in [1.165, 1.54) is 7.11 Å². The lowest BCUT2D eigenvalue weighted by Gasteiger charge is -2.08. The van der Waals surface area contributed by atoms with Crippen LogP contribution in [0.2, 0.25) is 0 Å². The molecule has 0 aromatic carbocycles. The van der Waals surface area contributed by atoms with Gasteiger partial charge in [0.1, 0.15) is 16.0 Å². The van der Waals surface area contributed by atoms with Crippen LogP contribution in [-0.2, 0) is 4.74 Å². The van der Waals surface area contributed by atoms with Gasteiger partial charge in [-0.05, 0) is 47.2 Å². The lowest BCUT2D eigenvalue weighted by molar-refractivity contribution is 0.0593. The summed E-state index contributed by atoms with van der Waals surface area (Å²) in [5.74, 6) is 0.181. The van der Waals surface area contributed by atoms with Gasteiger partial charge >= 0.3 is 5.97 Å². The van der Waals surface area contributed by atoms with Gasteiger partial charge in [0, 0.05) is 0 Å². The first-order chi connectivity index (χ1) is 7.54. The third kappa shape index (κ3) is 3.48. The highest BCUT2D eigenvalue weighted by molar-refractivity contribution is 14.1. The maximum atomic E-state index is 11.2. The highest BCUT2D eigenvalue weighted by Crippen LogP contribution is 2.19. The Labute approximate surface area is 108 Å². The minimum absolute atomic E-state index is 0.273. The zero-order valence-electron chi connectivity index (χ0n) is 9.12. The van der Waals surface area contributed by atoms with Crippen molar-refractivity contribution in [1.82, 2.24) is 4.98 Å². The van der Waals surface area contributed by atoms with Gasteiger partial charge in [-0.2, -0.15) is 0 Å². The second kappa shape index (κ2) is 5.83. The monoisotopic (exact) mass is 333 g/mol. The van der Waals surface area contributed by atoms with Crippen molar-refractivity contribution in [2.24, 2.45) is 0 Å². The third-order valence-electron chi connectivity index (χ3n) is 1.68. The molecular weight excluding hydrogens is 321 g/mol. The molecule has 0 radical (unpaired) electrons. The summed E-state index contributed by atoms with van der Waals surface area (Å²) < 4.78 is 10.6. The van der Waals surface area contributed by atoms with E-state index >= 15 is 0 Å². The van der Waals surface area contributed by atoms with E-state index in [2.05, 4.69) is 16.3 Å². The molecule has 1 aromatic heterocycles. The summed E-state index contributed by atoms with van der Waals surface area (Å²) >= 11 is 2.01. The summed E-state index contributed by atoms with van der Waals surface area (Å²) in [7, 11) is 1.32. The normalized spacial score (nSPS) is 9.69. The SMILES string of the molecule is C=C(C)COc1ccc(C(=O)OC)nc1I. The van der Waals surface area contributed by atoms with Crippen molar-refractivity contribution in [2.45, 2.75) is 6.92 Å². The van der Waals surface area contributed by atoms with Crippen molar-refractivity contribution in [3.8, 4) is 5.75 Å². The molecule has 0 atom stereocenters. The van der Waals surface area contributed by atoms with Crippen LogP contribution in [0.25, 0.3) is 0 Å². The number of pyridine rings is 1. The summed E-state index contributed by atoms with van der Waals surface area (Å²) in [5.41, 5.74) is 1.20. The van der Waals surface area contributed by atoms with E-state index in [9.17, 15) is 4.79 Å². The van der Waals surface area contributed by atoms with Crippen molar-refractivity contribution >= 4 is 28.6 Å². The fraction of sp³-hybridized carbons (Fsp3) is 0.273. The van der Waals surface area contributed by atoms with Gasteiger partial charge in [-0.1, -0.05) is 6.58 Å². The Bertz CT molecular complexity index is 418. The number of methoxy groups -OCH3 is 1. The number of ether oxygens (including phenoxy) is 2. The lowest BCUT2D eigenvalue weighted by Crippen LogP contribution is -2.07. The Kier molecular flexibility index (Phi) is 4.72. The maximum Gasteiger partial charge on any atom is 0.356 e. The van der Waals surface area contributed by atoms with E-state index in [1.807, 2.05) is 29.5 Å². The first-order valence-corrected chi connectivity index (χ1v) is 5.64. The van der Waals surface area contributed by atoms with E-state index in [0.29, 0.717) is 16.1 Å². The maximum absolute atomic E-state index is 11.2. The molecule has 4 nitrogen and oxygen atoms in total. The Morgan fingerprint density at radius 1 is 1.56 bits per heavy atom. The molecule has 1 aromatic rings. The van der Waals surface area contributed by atoms with E-state index < -0.39 is 5.97 Å². The van der Waals surface area contributed by atoms with Crippen LogP contribution < -0.4 is 4.74 Å². The number of carbonyl (C=O) groups is 1. The Balaban J connectivity index is 2.83. The average molecular weight is 333 g/mol. The molecule has 1 rings (SSSR count). The molecule has 0 aliphatic carbocycles. The summed E-state index contributed by atoms with van der Waals surface area (Å²) in [6, 6.07) is 3.27. The van der Waals surface area contributed by atoms with E-state index in [4.69, 9.17) is 4.74 Å². The molecule has 5 heteroatoms. The van der Waals surface area contributed by atoms with Crippen molar-refractivity contribution < 1.29 is 14.3 Å². The number of carbonyl (C=O) groups excluding carboxylic acids is 1. The fourth-order valence-electron chi connectivity index (χ4n) is 0.948. The van der Waals surface area contributed by atoms with Crippen LogP contribution >= 0.6 is 22.6 Å². The standard InChI is InChI=1S/C11H12INO3/c1-7(2)6-16-9-5-4-8(11(14)15-3)13-10(9)12/h4-5H,1,6H2,2-3H3. The first-order valence-electron chi connectivity index (χ1n) is 4.56. The minimum atomic E-state index is -0.454. The molecule has 0 saturated heterocycles. The van der Waals surface area contributed by atoms with Crippen LogP contribution in [-0.4, -0.2) is 24.7 Å². The molecule has 0 spiro atoms. The van der Waals surface area contributed by atoms with Crippen LogP contribution in [0.4, 0.5) is 0 Å². The Morgan fingerprint density at radius 3 is 2.75 bits per heavy atom. The number of esters is 1. The van der Waals surface area contributed by atoms with Gasteiger partial charge in [0.2, 0.25) is 0 Å². The average Bonchev–Trinajstić information content (AvgIpc) is 2.26. The molecule has 0 bridgehead atoms. The smallest absolute Gasteiger partial charge is 0.356 e. The second-order valence-corrected chi connectivity index (χ2v) is 4.24. The summed E-state index contributed by atoms with van der Waals surface area (Å²) in [6.45, 7) is 6.05. The fourth-order valence-corrected chi connectivity index (χ4v) is 1.54. The van der Waals surface area contributed by atoms with Crippen LogP contribution in [0.1, 0.15) is 17.4 Å². The largest absolute Gasteiger partial charge is 0.487 e. The van der Waals surface area contributed by atoms with E-state index in [1.54, 1.807) is 12.1 Å². The predicted octanol–water partition coefficient (Wildman–Crippen LogP) is 2.43. The number of nitrogens with zero attached hydrogens (tertiary/aromatic N) is 1. The molecule has 0 fully saturated rings. The molecule has 0 saturated carbocycles. The van der Waals surface area contributed by atoms with Crippen molar-refractivity contribution in [2.75, 3.05) is 13.7 Å². The molecule has 0 amide bonds.